The van der Waals surface area contributed by atoms with Crippen LogP contribution in [0.5, 0.6) is 5.75 Å². The van der Waals surface area contributed by atoms with Crippen LogP contribution in [0.2, 0.25) is 0 Å². The lowest BCUT2D eigenvalue weighted by Crippen LogP contribution is -2.40. The van der Waals surface area contributed by atoms with E-state index in [1.807, 2.05) is 20.8 Å². The third-order valence-corrected chi connectivity index (χ3v) is 4.24. The summed E-state index contributed by atoms with van der Waals surface area (Å²) >= 11 is 0. The lowest BCUT2D eigenvalue weighted by atomic mass is 10.1. The normalized spacial score (nSPS) is 14.2. The summed E-state index contributed by atoms with van der Waals surface area (Å²) in [4.78, 5) is 16.4. The molecular formula is C21H34N4O2. The van der Waals surface area contributed by atoms with Gasteiger partial charge in [-0.25, -0.2) is 4.99 Å². The second kappa shape index (κ2) is 10.8. The Balaban J connectivity index is 1.91. The van der Waals surface area contributed by atoms with Crippen molar-refractivity contribution in [3.63, 3.8) is 0 Å². The third kappa shape index (κ3) is 8.33. The predicted octanol–water partition coefficient (Wildman–Crippen LogP) is 2.75. The van der Waals surface area contributed by atoms with E-state index in [2.05, 4.69) is 46.1 Å². The molecule has 6 heteroatoms. The van der Waals surface area contributed by atoms with Gasteiger partial charge in [-0.3, -0.25) is 4.79 Å². The van der Waals surface area contributed by atoms with Gasteiger partial charge in [0.05, 0.1) is 13.2 Å². The Morgan fingerprint density at radius 3 is 2.74 bits per heavy atom. The fourth-order valence-corrected chi connectivity index (χ4v) is 2.61. The van der Waals surface area contributed by atoms with Gasteiger partial charge in [-0.15, -0.1) is 0 Å². The molecule has 0 aliphatic heterocycles. The van der Waals surface area contributed by atoms with Crippen molar-refractivity contribution in [3.8, 4) is 5.75 Å². The van der Waals surface area contributed by atoms with Gasteiger partial charge in [-0.1, -0.05) is 12.1 Å². The quantitative estimate of drug-likeness (QED) is 0.435. The minimum atomic E-state index is 0.0441. The number of ether oxygens (including phenoxy) is 1. The Morgan fingerprint density at radius 1 is 1.30 bits per heavy atom. The number of rotatable bonds is 10. The van der Waals surface area contributed by atoms with Crippen LogP contribution in [0.15, 0.2) is 23.2 Å². The molecule has 0 unspecified atom stereocenters. The summed E-state index contributed by atoms with van der Waals surface area (Å²) in [6.07, 6.45) is 2.97. The first-order valence-corrected chi connectivity index (χ1v) is 10.0. The van der Waals surface area contributed by atoms with E-state index in [9.17, 15) is 4.79 Å². The first-order chi connectivity index (χ1) is 13.0. The molecule has 2 rings (SSSR count). The van der Waals surface area contributed by atoms with Gasteiger partial charge >= 0.3 is 0 Å². The number of nitrogens with zero attached hydrogens (tertiary/aromatic N) is 1. The molecule has 3 N–H and O–H groups in total. The highest BCUT2D eigenvalue weighted by atomic mass is 16.5. The summed E-state index contributed by atoms with van der Waals surface area (Å²) in [5.74, 6) is 2.40. The Morgan fingerprint density at radius 2 is 2.07 bits per heavy atom. The van der Waals surface area contributed by atoms with Crippen molar-refractivity contribution in [2.24, 2.45) is 10.9 Å². The molecule has 0 saturated heterocycles. The molecule has 1 fully saturated rings. The highest BCUT2D eigenvalue weighted by molar-refractivity contribution is 5.81. The number of aliphatic imine (C=N–C) groups is 1. The van der Waals surface area contributed by atoms with E-state index in [1.165, 1.54) is 18.4 Å². The van der Waals surface area contributed by atoms with Crippen LogP contribution in [0.4, 0.5) is 0 Å². The predicted molar refractivity (Wildman–Crippen MR) is 110 cm³/mol. The molecule has 1 aliphatic carbocycles. The zero-order valence-corrected chi connectivity index (χ0v) is 17.1. The van der Waals surface area contributed by atoms with Crippen LogP contribution >= 0.6 is 0 Å². The third-order valence-electron chi connectivity index (χ3n) is 4.24. The molecule has 27 heavy (non-hydrogen) atoms. The van der Waals surface area contributed by atoms with E-state index in [4.69, 9.17) is 4.74 Å². The fourth-order valence-electron chi connectivity index (χ4n) is 2.61. The number of hydrogen-bond donors (Lipinski definition) is 3. The van der Waals surface area contributed by atoms with Crippen molar-refractivity contribution in [2.75, 3.05) is 19.7 Å². The minimum Gasteiger partial charge on any atom is -0.493 e. The summed E-state index contributed by atoms with van der Waals surface area (Å²) in [5.41, 5.74) is 2.27. The van der Waals surface area contributed by atoms with Crippen molar-refractivity contribution in [3.05, 3.63) is 29.3 Å². The monoisotopic (exact) mass is 374 g/mol. The zero-order chi connectivity index (χ0) is 19.6. The highest BCUT2D eigenvalue weighted by Gasteiger charge is 2.22. The average molecular weight is 375 g/mol. The fraction of sp³-hybridized carbons (Fsp3) is 0.619. The van der Waals surface area contributed by atoms with Gasteiger partial charge in [0.2, 0.25) is 5.91 Å². The van der Waals surface area contributed by atoms with Crippen LogP contribution in [0, 0.1) is 12.8 Å². The second-order valence-corrected chi connectivity index (χ2v) is 7.46. The summed E-state index contributed by atoms with van der Waals surface area (Å²) in [6.45, 7) is 10.7. The van der Waals surface area contributed by atoms with Crippen molar-refractivity contribution < 1.29 is 9.53 Å². The van der Waals surface area contributed by atoms with Crippen LogP contribution in [0.3, 0.4) is 0 Å². The largest absolute Gasteiger partial charge is 0.493 e. The van der Waals surface area contributed by atoms with Gasteiger partial charge in [0.15, 0.2) is 5.96 Å². The maximum atomic E-state index is 11.8. The summed E-state index contributed by atoms with van der Waals surface area (Å²) in [7, 11) is 0. The van der Waals surface area contributed by atoms with Gasteiger partial charge in [0.25, 0.3) is 0 Å². The maximum Gasteiger partial charge on any atom is 0.221 e. The van der Waals surface area contributed by atoms with E-state index >= 15 is 0 Å². The zero-order valence-electron chi connectivity index (χ0n) is 17.1. The highest BCUT2D eigenvalue weighted by Crippen LogP contribution is 2.30. The van der Waals surface area contributed by atoms with E-state index in [0.717, 1.165) is 30.4 Å². The van der Waals surface area contributed by atoms with E-state index in [1.54, 1.807) is 0 Å². The number of carbonyl (C=O) groups is 1. The summed E-state index contributed by atoms with van der Waals surface area (Å²) < 4.78 is 6.02. The Labute approximate surface area is 163 Å². The number of hydrogen-bond acceptors (Lipinski definition) is 3. The Kier molecular flexibility index (Phi) is 8.43. The van der Waals surface area contributed by atoms with Crippen LogP contribution in [-0.2, 0) is 11.3 Å². The number of aryl methyl sites for hydroxylation is 1. The van der Waals surface area contributed by atoms with E-state index in [-0.39, 0.29) is 11.9 Å². The minimum absolute atomic E-state index is 0.0441. The van der Waals surface area contributed by atoms with Gasteiger partial charge in [-0.2, -0.15) is 0 Å². The molecule has 0 bridgehead atoms. The molecule has 150 valence electrons. The molecule has 1 saturated carbocycles. The van der Waals surface area contributed by atoms with Crippen molar-refractivity contribution >= 4 is 11.9 Å². The van der Waals surface area contributed by atoms with E-state index < -0.39 is 0 Å². The molecule has 1 amide bonds. The van der Waals surface area contributed by atoms with Gasteiger partial charge in [0, 0.05) is 31.1 Å². The molecule has 1 aliphatic rings. The first-order valence-electron chi connectivity index (χ1n) is 10.0. The molecule has 0 spiro atoms. The molecule has 1 aromatic carbocycles. The standard InChI is InChI=1S/C21H34N4O2/c1-5-22-21(23-11-10-20(26)25-15(2)3)24-13-18-9-6-16(4)12-19(18)27-14-17-7-8-17/h6,9,12,15,17H,5,7-8,10-11,13-14H2,1-4H3,(H,25,26)(H2,22,23,24). The number of guanidine groups is 1. The van der Waals surface area contributed by atoms with Crippen molar-refractivity contribution in [2.45, 2.75) is 59.5 Å². The summed E-state index contributed by atoms with van der Waals surface area (Å²) in [6, 6.07) is 6.42. The molecule has 0 heterocycles. The molecule has 0 radical (unpaired) electrons. The van der Waals surface area contributed by atoms with Crippen LogP contribution in [-0.4, -0.2) is 37.6 Å². The second-order valence-electron chi connectivity index (χ2n) is 7.46. The first kappa shape index (κ1) is 21.1. The molecular weight excluding hydrogens is 340 g/mol. The average Bonchev–Trinajstić information content (AvgIpc) is 3.42. The molecule has 0 aromatic heterocycles. The Hall–Kier alpha value is -2.24. The molecule has 0 atom stereocenters. The topological polar surface area (TPSA) is 74.8 Å². The number of amides is 1. The van der Waals surface area contributed by atoms with Gasteiger partial charge in [-0.05, 0) is 58.1 Å². The van der Waals surface area contributed by atoms with Crippen LogP contribution < -0.4 is 20.7 Å². The number of carbonyl (C=O) groups excluding carboxylic acids is 1. The number of nitrogens with one attached hydrogen (secondary N) is 3. The summed E-state index contributed by atoms with van der Waals surface area (Å²) in [5, 5.41) is 9.34. The lowest BCUT2D eigenvalue weighted by Gasteiger charge is -2.14. The molecule has 6 nitrogen and oxygen atoms in total. The van der Waals surface area contributed by atoms with Gasteiger partial charge < -0.3 is 20.7 Å². The lowest BCUT2D eigenvalue weighted by molar-refractivity contribution is -0.121. The van der Waals surface area contributed by atoms with Crippen LogP contribution in [0.1, 0.15) is 51.2 Å². The SMILES string of the molecule is CCNC(=NCc1ccc(C)cc1OCC1CC1)NCCC(=O)NC(C)C. The van der Waals surface area contributed by atoms with Crippen molar-refractivity contribution in [1.29, 1.82) is 0 Å². The van der Waals surface area contributed by atoms with Crippen LogP contribution in [0.25, 0.3) is 0 Å². The smallest absolute Gasteiger partial charge is 0.221 e. The maximum absolute atomic E-state index is 11.8. The number of benzene rings is 1. The van der Waals surface area contributed by atoms with Gasteiger partial charge in [0.1, 0.15) is 5.75 Å². The van der Waals surface area contributed by atoms with Crippen molar-refractivity contribution in [1.82, 2.24) is 16.0 Å². The van der Waals surface area contributed by atoms with E-state index in [0.29, 0.717) is 25.5 Å². The molecule has 1 aromatic rings. The Bertz CT molecular complexity index is 639.